The molecule has 0 bridgehead atoms. The fourth-order valence-electron chi connectivity index (χ4n) is 2.23. The van der Waals surface area contributed by atoms with Gasteiger partial charge in [0.25, 0.3) is 0 Å². The van der Waals surface area contributed by atoms with Gasteiger partial charge in [0.2, 0.25) is 0 Å². The van der Waals surface area contributed by atoms with Crippen LogP contribution in [0.15, 0.2) is 30.3 Å². The number of anilines is 1. The fraction of sp³-hybridized carbons (Fsp3) is 0.375. The van der Waals surface area contributed by atoms with Crippen molar-refractivity contribution in [2.75, 3.05) is 18.4 Å². The van der Waals surface area contributed by atoms with Crippen LogP contribution in [-0.2, 0) is 12.4 Å². The Morgan fingerprint density at radius 1 is 0.885 bits per heavy atom. The number of benzene rings is 1. The van der Waals surface area contributed by atoms with E-state index in [9.17, 15) is 26.3 Å². The van der Waals surface area contributed by atoms with Crippen LogP contribution in [0.4, 0.5) is 32.2 Å². The first kappa shape index (κ1) is 20.0. The highest BCUT2D eigenvalue weighted by atomic mass is 19.4. The maximum Gasteiger partial charge on any atom is 0.417 e. The molecule has 0 aliphatic carbocycles. The molecule has 3 N–H and O–H groups in total. The molecular weight excluding hydrogens is 362 g/mol. The van der Waals surface area contributed by atoms with Gasteiger partial charge in [0, 0.05) is 12.1 Å². The highest BCUT2D eigenvalue weighted by molar-refractivity contribution is 5.65. The van der Waals surface area contributed by atoms with E-state index < -0.39 is 29.0 Å². The van der Waals surface area contributed by atoms with Crippen LogP contribution >= 0.6 is 0 Å². The number of hydrogen-bond acceptors (Lipinski definition) is 4. The largest absolute Gasteiger partial charge is 0.417 e. The van der Waals surface area contributed by atoms with Crippen molar-refractivity contribution < 1.29 is 26.3 Å². The van der Waals surface area contributed by atoms with Crippen LogP contribution in [0.2, 0.25) is 0 Å². The lowest BCUT2D eigenvalue weighted by molar-refractivity contribution is -0.142. The second-order valence-corrected chi connectivity index (χ2v) is 5.48. The summed E-state index contributed by atoms with van der Waals surface area (Å²) in [5.74, 6) is 0.353. The Morgan fingerprint density at radius 2 is 1.62 bits per heavy atom. The normalized spacial score (nSPS) is 12.3. The highest BCUT2D eigenvalue weighted by Crippen LogP contribution is 2.40. The van der Waals surface area contributed by atoms with Crippen LogP contribution in [0.5, 0.6) is 0 Å². The number of nitrogens with two attached hydrogens (primary N) is 1. The average Bonchev–Trinajstić information content (AvgIpc) is 2.57. The van der Waals surface area contributed by atoms with Crippen LogP contribution < -0.4 is 11.1 Å². The van der Waals surface area contributed by atoms with E-state index in [1.807, 2.05) is 0 Å². The standard InChI is InChI=1S/C16H16F6N4/c17-15(18,19)10-3-4-11(12(9-10)16(20,21)22)13-5-6-14(26-25-13)24-8-2-1-7-23/h3-6,9H,1-2,7-8,23H2,(H,24,26). The number of alkyl halides is 6. The Balaban J connectivity index is 2.30. The van der Waals surface area contributed by atoms with Crippen LogP contribution in [0.1, 0.15) is 24.0 Å². The minimum Gasteiger partial charge on any atom is -0.369 e. The lowest BCUT2D eigenvalue weighted by Gasteiger charge is -2.15. The SMILES string of the molecule is NCCCCNc1ccc(-c2ccc(C(F)(F)F)cc2C(F)(F)F)nn1. The molecular formula is C16H16F6N4. The number of nitrogens with one attached hydrogen (secondary N) is 1. The van der Waals surface area contributed by atoms with Crippen LogP contribution in [0, 0.1) is 0 Å². The third-order valence-electron chi connectivity index (χ3n) is 3.53. The molecule has 0 unspecified atom stereocenters. The number of halogens is 6. The smallest absolute Gasteiger partial charge is 0.369 e. The third-order valence-corrected chi connectivity index (χ3v) is 3.53. The molecule has 1 aromatic carbocycles. The lowest BCUT2D eigenvalue weighted by atomic mass is 10.0. The number of unbranched alkanes of at least 4 members (excludes halogenated alkanes) is 1. The van der Waals surface area contributed by atoms with Crippen LogP contribution in [0.3, 0.4) is 0 Å². The Hall–Kier alpha value is -2.36. The van der Waals surface area contributed by atoms with E-state index in [-0.39, 0.29) is 11.8 Å². The summed E-state index contributed by atoms with van der Waals surface area (Å²) in [4.78, 5) is 0. The Morgan fingerprint density at radius 3 is 2.15 bits per heavy atom. The molecule has 26 heavy (non-hydrogen) atoms. The van der Waals surface area contributed by atoms with Gasteiger partial charge in [-0.15, -0.1) is 10.2 Å². The molecule has 0 fully saturated rings. The monoisotopic (exact) mass is 378 g/mol. The Kier molecular flexibility index (Phi) is 6.06. The predicted molar refractivity (Wildman–Crippen MR) is 84.3 cm³/mol. The third kappa shape index (κ3) is 5.07. The average molecular weight is 378 g/mol. The summed E-state index contributed by atoms with van der Waals surface area (Å²) < 4.78 is 77.7. The van der Waals surface area contributed by atoms with Gasteiger partial charge in [0.1, 0.15) is 5.82 Å². The van der Waals surface area contributed by atoms with Crippen molar-refractivity contribution in [2.24, 2.45) is 5.73 Å². The summed E-state index contributed by atoms with van der Waals surface area (Å²) in [6, 6.07) is 4.12. The van der Waals surface area contributed by atoms with E-state index >= 15 is 0 Å². The minimum absolute atomic E-state index is 0.0794. The summed E-state index contributed by atoms with van der Waals surface area (Å²) in [5.41, 5.74) is 1.94. The van der Waals surface area contributed by atoms with Gasteiger partial charge < -0.3 is 11.1 Å². The van der Waals surface area contributed by atoms with E-state index in [2.05, 4.69) is 15.5 Å². The summed E-state index contributed by atoms with van der Waals surface area (Å²) in [7, 11) is 0. The maximum atomic E-state index is 13.2. The van der Waals surface area contributed by atoms with Crippen molar-refractivity contribution in [2.45, 2.75) is 25.2 Å². The van der Waals surface area contributed by atoms with Gasteiger partial charge in [0.05, 0.1) is 16.8 Å². The van der Waals surface area contributed by atoms with E-state index in [0.29, 0.717) is 25.0 Å². The topological polar surface area (TPSA) is 63.8 Å². The van der Waals surface area contributed by atoms with E-state index in [0.717, 1.165) is 18.9 Å². The number of hydrogen-bond donors (Lipinski definition) is 2. The highest BCUT2D eigenvalue weighted by Gasteiger charge is 2.38. The molecule has 0 amide bonds. The quantitative estimate of drug-likeness (QED) is 0.580. The molecule has 0 saturated heterocycles. The molecule has 1 aromatic heterocycles. The molecule has 0 spiro atoms. The molecule has 4 nitrogen and oxygen atoms in total. The van der Waals surface area contributed by atoms with Gasteiger partial charge in [-0.2, -0.15) is 26.3 Å². The van der Waals surface area contributed by atoms with Crippen molar-refractivity contribution in [3.8, 4) is 11.3 Å². The zero-order valence-electron chi connectivity index (χ0n) is 13.5. The first-order valence-electron chi connectivity index (χ1n) is 7.69. The molecule has 0 aliphatic rings. The molecule has 0 saturated carbocycles. The summed E-state index contributed by atoms with van der Waals surface area (Å²) in [5, 5.41) is 10.4. The van der Waals surface area contributed by atoms with E-state index in [4.69, 9.17) is 5.73 Å². The lowest BCUT2D eigenvalue weighted by Crippen LogP contribution is -2.12. The number of aromatic nitrogens is 2. The Labute approximate surface area is 145 Å². The van der Waals surface area contributed by atoms with Crippen molar-refractivity contribution >= 4 is 5.82 Å². The van der Waals surface area contributed by atoms with Crippen molar-refractivity contribution in [1.29, 1.82) is 0 Å². The summed E-state index contributed by atoms with van der Waals surface area (Å²) in [6.07, 6.45) is -8.24. The zero-order chi connectivity index (χ0) is 19.4. The van der Waals surface area contributed by atoms with Gasteiger partial charge in [0.15, 0.2) is 0 Å². The minimum atomic E-state index is -4.96. The van der Waals surface area contributed by atoms with Crippen molar-refractivity contribution in [1.82, 2.24) is 10.2 Å². The molecule has 0 atom stereocenters. The second-order valence-electron chi connectivity index (χ2n) is 5.48. The molecule has 2 rings (SSSR count). The first-order valence-corrected chi connectivity index (χ1v) is 7.69. The molecule has 10 heteroatoms. The molecule has 142 valence electrons. The van der Waals surface area contributed by atoms with Gasteiger partial charge in [-0.25, -0.2) is 0 Å². The molecule has 0 aliphatic heterocycles. The molecule has 1 heterocycles. The van der Waals surface area contributed by atoms with Crippen molar-refractivity contribution in [3.63, 3.8) is 0 Å². The predicted octanol–water partition coefficient (Wildman–Crippen LogP) is 4.33. The fourth-order valence-corrected chi connectivity index (χ4v) is 2.23. The second kappa shape index (κ2) is 7.90. The van der Waals surface area contributed by atoms with Crippen LogP contribution in [0.25, 0.3) is 11.3 Å². The van der Waals surface area contributed by atoms with Crippen molar-refractivity contribution in [3.05, 3.63) is 41.5 Å². The zero-order valence-corrected chi connectivity index (χ0v) is 13.5. The number of rotatable bonds is 6. The van der Waals surface area contributed by atoms with E-state index in [1.165, 1.54) is 12.1 Å². The maximum absolute atomic E-state index is 13.2. The van der Waals surface area contributed by atoms with Gasteiger partial charge >= 0.3 is 12.4 Å². The van der Waals surface area contributed by atoms with Gasteiger partial charge in [-0.1, -0.05) is 6.07 Å². The molecule has 2 aromatic rings. The van der Waals surface area contributed by atoms with Crippen LogP contribution in [-0.4, -0.2) is 23.3 Å². The number of nitrogens with zero attached hydrogens (tertiary/aromatic N) is 2. The Bertz CT molecular complexity index is 725. The van der Waals surface area contributed by atoms with Gasteiger partial charge in [-0.05, 0) is 43.7 Å². The summed E-state index contributed by atoms with van der Waals surface area (Å²) >= 11 is 0. The first-order chi connectivity index (χ1) is 12.1. The summed E-state index contributed by atoms with van der Waals surface area (Å²) in [6.45, 7) is 1.11. The van der Waals surface area contributed by atoms with Gasteiger partial charge in [-0.3, -0.25) is 0 Å². The molecule has 0 radical (unpaired) electrons. The van der Waals surface area contributed by atoms with E-state index in [1.54, 1.807) is 0 Å².